The molecule has 0 aromatic heterocycles. The maximum Gasteiger partial charge on any atom is 0.225 e. The van der Waals surface area contributed by atoms with Gasteiger partial charge in [0, 0.05) is 31.7 Å². The minimum atomic E-state index is 0. The quantitative estimate of drug-likeness (QED) is 0.752. The van der Waals surface area contributed by atoms with E-state index in [2.05, 4.69) is 12.2 Å². The maximum atomic E-state index is 12.3. The van der Waals surface area contributed by atoms with Crippen LogP contribution in [0.3, 0.4) is 0 Å². The first-order valence-corrected chi connectivity index (χ1v) is 6.78. The standard InChI is InChI=1S/C13H26N2O2.ClH/c1-4-15(8-9-17-5-2)13(16)12-6-7-14-11(3)10-12;/h11-12,14H,4-10H2,1-3H3;1H/t11-,12-;/m0./s1. The molecule has 4 nitrogen and oxygen atoms in total. The van der Waals surface area contributed by atoms with Gasteiger partial charge in [-0.05, 0) is 40.2 Å². The van der Waals surface area contributed by atoms with Crippen LogP contribution in [0.15, 0.2) is 0 Å². The first kappa shape index (κ1) is 17.7. The van der Waals surface area contributed by atoms with Crippen LogP contribution >= 0.6 is 12.4 Å². The van der Waals surface area contributed by atoms with Crippen LogP contribution in [-0.4, -0.2) is 49.7 Å². The second-order valence-electron chi connectivity index (χ2n) is 4.69. The number of amides is 1. The highest BCUT2D eigenvalue weighted by Gasteiger charge is 2.27. The summed E-state index contributed by atoms with van der Waals surface area (Å²) >= 11 is 0. The number of piperidine rings is 1. The first-order valence-electron chi connectivity index (χ1n) is 6.78. The fourth-order valence-corrected chi connectivity index (χ4v) is 2.36. The number of hydrogen-bond donors (Lipinski definition) is 1. The number of hydrogen-bond acceptors (Lipinski definition) is 3. The highest BCUT2D eigenvalue weighted by molar-refractivity contribution is 5.85. The largest absolute Gasteiger partial charge is 0.380 e. The van der Waals surface area contributed by atoms with Gasteiger partial charge in [0.15, 0.2) is 0 Å². The van der Waals surface area contributed by atoms with Crippen molar-refractivity contribution in [2.75, 3.05) is 32.8 Å². The third kappa shape index (κ3) is 5.55. The molecular formula is C13H27ClN2O2. The molecule has 18 heavy (non-hydrogen) atoms. The Labute approximate surface area is 117 Å². The summed E-state index contributed by atoms with van der Waals surface area (Å²) in [5, 5.41) is 3.38. The lowest BCUT2D eigenvalue weighted by Gasteiger charge is -2.31. The van der Waals surface area contributed by atoms with Gasteiger partial charge in [0.2, 0.25) is 5.91 Å². The summed E-state index contributed by atoms with van der Waals surface area (Å²) in [6.45, 7) is 10.00. The van der Waals surface area contributed by atoms with Gasteiger partial charge in [0.25, 0.3) is 0 Å². The molecule has 1 heterocycles. The van der Waals surface area contributed by atoms with Crippen molar-refractivity contribution < 1.29 is 9.53 Å². The van der Waals surface area contributed by atoms with Gasteiger partial charge in [-0.2, -0.15) is 0 Å². The number of carbonyl (C=O) groups is 1. The summed E-state index contributed by atoms with van der Waals surface area (Å²) in [4.78, 5) is 14.2. The molecule has 0 radical (unpaired) electrons. The minimum absolute atomic E-state index is 0. The number of carbonyl (C=O) groups excluding carboxylic acids is 1. The van der Waals surface area contributed by atoms with E-state index >= 15 is 0 Å². The van der Waals surface area contributed by atoms with Crippen molar-refractivity contribution in [3.8, 4) is 0 Å². The van der Waals surface area contributed by atoms with E-state index in [1.54, 1.807) is 0 Å². The summed E-state index contributed by atoms with van der Waals surface area (Å²) in [7, 11) is 0. The Kier molecular flexibility index (Phi) is 9.42. The van der Waals surface area contributed by atoms with Crippen molar-refractivity contribution in [3.63, 3.8) is 0 Å². The Balaban J connectivity index is 0.00000289. The Morgan fingerprint density at radius 1 is 1.44 bits per heavy atom. The smallest absolute Gasteiger partial charge is 0.225 e. The number of likely N-dealkylation sites (N-methyl/N-ethyl adjacent to an activating group) is 1. The molecule has 1 aliphatic heterocycles. The second-order valence-corrected chi connectivity index (χ2v) is 4.69. The van der Waals surface area contributed by atoms with Gasteiger partial charge in [-0.1, -0.05) is 0 Å². The minimum Gasteiger partial charge on any atom is -0.380 e. The highest BCUT2D eigenvalue weighted by Crippen LogP contribution is 2.18. The lowest BCUT2D eigenvalue weighted by atomic mass is 9.92. The van der Waals surface area contributed by atoms with Crippen LogP contribution in [0, 0.1) is 5.92 Å². The van der Waals surface area contributed by atoms with E-state index < -0.39 is 0 Å². The van der Waals surface area contributed by atoms with Gasteiger partial charge >= 0.3 is 0 Å². The molecular weight excluding hydrogens is 252 g/mol. The van der Waals surface area contributed by atoms with Crippen molar-refractivity contribution in [3.05, 3.63) is 0 Å². The van der Waals surface area contributed by atoms with E-state index in [-0.39, 0.29) is 18.3 Å². The van der Waals surface area contributed by atoms with Crippen LogP contribution in [0.4, 0.5) is 0 Å². The fraction of sp³-hybridized carbons (Fsp3) is 0.923. The van der Waals surface area contributed by atoms with Crippen molar-refractivity contribution in [2.24, 2.45) is 5.92 Å². The number of nitrogens with one attached hydrogen (secondary N) is 1. The molecule has 1 rings (SSSR count). The van der Waals surface area contributed by atoms with Gasteiger partial charge in [0.1, 0.15) is 0 Å². The van der Waals surface area contributed by atoms with E-state index in [1.807, 2.05) is 18.7 Å². The molecule has 0 aromatic carbocycles. The van der Waals surface area contributed by atoms with E-state index in [9.17, 15) is 4.79 Å². The van der Waals surface area contributed by atoms with Crippen LogP contribution in [0.1, 0.15) is 33.6 Å². The lowest BCUT2D eigenvalue weighted by Crippen LogP contribution is -2.45. The Morgan fingerprint density at radius 2 is 2.17 bits per heavy atom. The Morgan fingerprint density at radius 3 is 2.72 bits per heavy atom. The van der Waals surface area contributed by atoms with Crippen LogP contribution in [-0.2, 0) is 9.53 Å². The monoisotopic (exact) mass is 278 g/mol. The van der Waals surface area contributed by atoms with Gasteiger partial charge in [0.05, 0.1) is 6.61 Å². The number of halogens is 1. The summed E-state index contributed by atoms with van der Waals surface area (Å²) in [6, 6.07) is 0.461. The van der Waals surface area contributed by atoms with Crippen LogP contribution in [0.5, 0.6) is 0 Å². The third-order valence-corrected chi connectivity index (χ3v) is 3.38. The highest BCUT2D eigenvalue weighted by atomic mass is 35.5. The Hall–Kier alpha value is -0.320. The summed E-state index contributed by atoms with van der Waals surface area (Å²) in [6.07, 6.45) is 1.93. The zero-order valence-corrected chi connectivity index (χ0v) is 12.6. The van der Waals surface area contributed by atoms with E-state index in [0.717, 1.165) is 39.1 Å². The molecule has 0 unspecified atom stereocenters. The van der Waals surface area contributed by atoms with Crippen molar-refractivity contribution in [2.45, 2.75) is 39.7 Å². The average molecular weight is 279 g/mol. The topological polar surface area (TPSA) is 41.6 Å². The summed E-state index contributed by atoms with van der Waals surface area (Å²) in [5.41, 5.74) is 0. The predicted molar refractivity (Wildman–Crippen MR) is 76.2 cm³/mol. The SMILES string of the molecule is CCOCCN(CC)C(=O)[C@H]1CCN[C@@H](C)C1.Cl. The van der Waals surface area contributed by atoms with E-state index in [4.69, 9.17) is 4.74 Å². The molecule has 0 spiro atoms. The average Bonchev–Trinajstić information content (AvgIpc) is 2.34. The normalized spacial score (nSPS) is 23.3. The Bertz CT molecular complexity index is 239. The number of nitrogens with zero attached hydrogens (tertiary/aromatic N) is 1. The van der Waals surface area contributed by atoms with Crippen molar-refractivity contribution in [1.29, 1.82) is 0 Å². The van der Waals surface area contributed by atoms with Crippen LogP contribution in [0.25, 0.3) is 0 Å². The predicted octanol–water partition coefficient (Wildman–Crippen LogP) is 1.68. The van der Waals surface area contributed by atoms with E-state index in [0.29, 0.717) is 18.6 Å². The molecule has 1 fully saturated rings. The number of rotatable bonds is 6. The van der Waals surface area contributed by atoms with E-state index in [1.165, 1.54) is 0 Å². The molecule has 2 atom stereocenters. The van der Waals surface area contributed by atoms with Gasteiger partial charge in [-0.15, -0.1) is 12.4 Å². The van der Waals surface area contributed by atoms with Gasteiger partial charge in [-0.3, -0.25) is 4.79 Å². The van der Waals surface area contributed by atoms with Gasteiger partial charge in [-0.25, -0.2) is 0 Å². The lowest BCUT2D eigenvalue weighted by molar-refractivity contribution is -0.137. The van der Waals surface area contributed by atoms with Crippen LogP contribution in [0.2, 0.25) is 0 Å². The van der Waals surface area contributed by atoms with Crippen LogP contribution < -0.4 is 5.32 Å². The molecule has 0 aromatic rings. The molecule has 108 valence electrons. The zero-order valence-electron chi connectivity index (χ0n) is 11.8. The third-order valence-electron chi connectivity index (χ3n) is 3.38. The molecule has 0 aliphatic carbocycles. The van der Waals surface area contributed by atoms with Gasteiger partial charge < -0.3 is 15.0 Å². The second kappa shape index (κ2) is 9.59. The first-order chi connectivity index (χ1) is 8.19. The number of ether oxygens (including phenoxy) is 1. The molecule has 1 saturated heterocycles. The van der Waals surface area contributed by atoms with Crippen molar-refractivity contribution >= 4 is 18.3 Å². The molecule has 1 N–H and O–H groups in total. The molecule has 0 bridgehead atoms. The maximum absolute atomic E-state index is 12.3. The summed E-state index contributed by atoms with van der Waals surface area (Å²) < 4.78 is 5.32. The molecule has 1 aliphatic rings. The summed E-state index contributed by atoms with van der Waals surface area (Å²) in [5.74, 6) is 0.508. The zero-order chi connectivity index (χ0) is 12.7. The molecule has 1 amide bonds. The molecule has 0 saturated carbocycles. The molecule has 5 heteroatoms. The van der Waals surface area contributed by atoms with Crippen molar-refractivity contribution in [1.82, 2.24) is 10.2 Å². The fourth-order valence-electron chi connectivity index (χ4n) is 2.36.